The molecule has 0 spiro atoms. The third-order valence-electron chi connectivity index (χ3n) is 8.63. The summed E-state index contributed by atoms with van der Waals surface area (Å²) in [4.78, 5) is 78.0. The molecule has 0 aromatic heterocycles. The molecule has 63 heavy (non-hydrogen) atoms. The fraction of sp³-hybridized carbons (Fsp3) is 0.163. The Labute approximate surface area is 385 Å². The summed E-state index contributed by atoms with van der Waals surface area (Å²) in [5.74, 6) is -3.69. The van der Waals surface area contributed by atoms with Gasteiger partial charge in [-0.25, -0.2) is 0 Å². The van der Waals surface area contributed by atoms with Crippen LogP contribution in [0, 0.1) is 0 Å². The van der Waals surface area contributed by atoms with Crippen molar-refractivity contribution < 1.29 is 33.5 Å². The minimum Gasteiger partial charge on any atom is -0.476 e. The number of carbonyl (C=O) groups excluding carboxylic acids is 6. The molecule has 0 aliphatic heterocycles. The molecule has 20 heteroatoms. The lowest BCUT2D eigenvalue weighted by Gasteiger charge is -2.15. The molecule has 2 unspecified atom stereocenters. The predicted octanol–water partition coefficient (Wildman–Crippen LogP) is 10.9. The van der Waals surface area contributed by atoms with Crippen LogP contribution in [0.1, 0.15) is 45.7 Å². The topological polar surface area (TPSA) is 209 Å². The van der Waals surface area contributed by atoms with Crippen LogP contribution < -0.4 is 26.0 Å². The van der Waals surface area contributed by atoms with Gasteiger partial charge >= 0.3 is 0 Å². The molecule has 4 N–H and O–H groups in total. The smallest absolute Gasteiger partial charge is 0.258 e. The molecule has 0 saturated heterocycles. The summed E-state index contributed by atoms with van der Waals surface area (Å²) >= 11 is 30.3. The average Bonchev–Trinajstić information content (AvgIpc) is 3.25. The second kappa shape index (κ2) is 22.7. The molecule has 5 rings (SSSR count). The van der Waals surface area contributed by atoms with Crippen LogP contribution in [-0.2, 0) is 30.9 Å². The lowest BCUT2D eigenvalue weighted by atomic mass is 10.1. The van der Waals surface area contributed by atoms with Gasteiger partial charge in [0.2, 0.25) is 12.1 Å². The maximum absolute atomic E-state index is 13.4. The number of ketones is 2. The molecule has 4 amide bonds. The SMILES string of the molecule is CC(=O)C(N=Nc1ccc(Cl)c(C(=O)Nc2cccc(CCl)c2)c1)C(=O)Nc1ccc(NC(=O)C(N=Nc2ccc(Cl)c(C(=O)Nc3cccc(CCl)c3)c2)C(C)=O)c(OCCl)c1. The van der Waals surface area contributed by atoms with E-state index in [1.165, 1.54) is 54.6 Å². The Morgan fingerprint density at radius 3 is 1.46 bits per heavy atom. The summed E-state index contributed by atoms with van der Waals surface area (Å²) in [5.41, 5.74) is 3.10. The average molecular weight is 953 g/mol. The van der Waals surface area contributed by atoms with Crippen LogP contribution in [0.2, 0.25) is 10.0 Å². The number of azo groups is 2. The van der Waals surface area contributed by atoms with Crippen molar-refractivity contribution in [2.75, 3.05) is 27.3 Å². The van der Waals surface area contributed by atoms with Crippen molar-refractivity contribution >= 4 is 127 Å². The first-order valence-electron chi connectivity index (χ1n) is 18.5. The lowest BCUT2D eigenvalue weighted by molar-refractivity contribution is -0.127. The highest BCUT2D eigenvalue weighted by molar-refractivity contribution is 6.35. The highest BCUT2D eigenvalue weighted by atomic mass is 35.5. The molecule has 324 valence electrons. The molecule has 5 aromatic rings. The Hall–Kier alpha value is -6.23. The van der Waals surface area contributed by atoms with E-state index in [0.717, 1.165) is 25.0 Å². The molecular formula is C43H35Cl5N8O7. The van der Waals surface area contributed by atoms with Gasteiger partial charge in [0, 0.05) is 34.9 Å². The first-order valence-corrected chi connectivity index (χ1v) is 20.8. The van der Waals surface area contributed by atoms with Gasteiger partial charge in [0.1, 0.15) is 5.75 Å². The van der Waals surface area contributed by atoms with Gasteiger partial charge in [0.25, 0.3) is 23.6 Å². The van der Waals surface area contributed by atoms with E-state index < -0.39 is 47.3 Å². The largest absolute Gasteiger partial charge is 0.476 e. The minimum atomic E-state index is -1.64. The zero-order chi connectivity index (χ0) is 45.6. The standard InChI is InChI=1S/C43H35Cl5N8O7/c1-23(57)38(55-53-30-9-12-34(47)32(17-30)40(59)49-27-7-3-5-25(15-27)20-44)42(61)51-29-11-14-36(37(19-29)63-22-46)52-43(62)39(24(2)58)56-54-31-10-13-35(48)33(18-31)41(60)50-28-8-4-6-26(16-28)21-45/h3-19,38-39H,20-22H2,1-2H3,(H,49,59)(H,50,60)(H,51,61)(H,52,62). The number of anilines is 4. The molecule has 0 aliphatic rings. The number of rotatable bonds is 18. The van der Waals surface area contributed by atoms with E-state index in [4.69, 9.17) is 62.7 Å². The molecule has 0 radical (unpaired) electrons. The Balaban J connectivity index is 1.27. The van der Waals surface area contributed by atoms with Gasteiger partial charge < -0.3 is 26.0 Å². The van der Waals surface area contributed by atoms with E-state index in [1.54, 1.807) is 48.5 Å². The number of hydrogen-bond donors (Lipinski definition) is 4. The third-order valence-corrected chi connectivity index (χ3v) is 10.0. The van der Waals surface area contributed by atoms with Crippen molar-refractivity contribution in [3.05, 3.63) is 135 Å². The number of alkyl halides is 3. The van der Waals surface area contributed by atoms with Gasteiger partial charge in [0.05, 0.1) is 38.2 Å². The highest BCUT2D eigenvalue weighted by Gasteiger charge is 2.26. The first-order chi connectivity index (χ1) is 30.2. The van der Waals surface area contributed by atoms with Crippen LogP contribution in [0.4, 0.5) is 34.1 Å². The lowest BCUT2D eigenvalue weighted by Crippen LogP contribution is -2.32. The normalized spacial score (nSPS) is 12.0. The number of ether oxygens (including phenoxy) is 1. The third kappa shape index (κ3) is 13.4. The zero-order valence-corrected chi connectivity index (χ0v) is 36.9. The number of amides is 4. The number of benzene rings is 5. The van der Waals surface area contributed by atoms with Gasteiger partial charge in [-0.15, -0.1) is 23.2 Å². The number of halogens is 5. The van der Waals surface area contributed by atoms with Crippen LogP contribution in [0.25, 0.3) is 0 Å². The first kappa shape index (κ1) is 47.8. The van der Waals surface area contributed by atoms with Gasteiger partial charge in [-0.05, 0) is 97.8 Å². The van der Waals surface area contributed by atoms with E-state index in [0.29, 0.717) is 11.4 Å². The molecule has 0 saturated carbocycles. The van der Waals surface area contributed by atoms with Crippen LogP contribution in [0.5, 0.6) is 5.75 Å². The van der Waals surface area contributed by atoms with Crippen molar-refractivity contribution in [3.63, 3.8) is 0 Å². The number of carbonyl (C=O) groups is 6. The molecule has 15 nitrogen and oxygen atoms in total. The van der Waals surface area contributed by atoms with Crippen molar-refractivity contribution in [2.45, 2.75) is 37.7 Å². The van der Waals surface area contributed by atoms with E-state index in [1.807, 2.05) is 0 Å². The molecule has 0 bridgehead atoms. The Morgan fingerprint density at radius 2 is 1.02 bits per heavy atom. The fourth-order valence-corrected chi connectivity index (χ4v) is 6.40. The molecule has 5 aromatic carbocycles. The van der Waals surface area contributed by atoms with Gasteiger partial charge in [-0.1, -0.05) is 59.1 Å². The van der Waals surface area contributed by atoms with Crippen LogP contribution in [0.3, 0.4) is 0 Å². The fourth-order valence-electron chi connectivity index (χ4n) is 5.54. The number of nitrogens with one attached hydrogen (secondary N) is 4. The summed E-state index contributed by atoms with van der Waals surface area (Å²) in [6.45, 7) is 2.29. The Kier molecular flexibility index (Phi) is 17.3. The van der Waals surface area contributed by atoms with Crippen LogP contribution in [0.15, 0.2) is 124 Å². The summed E-state index contributed by atoms with van der Waals surface area (Å²) in [7, 11) is 0. The van der Waals surface area contributed by atoms with Crippen molar-refractivity contribution in [1.29, 1.82) is 0 Å². The Morgan fingerprint density at radius 1 is 0.556 bits per heavy atom. The zero-order valence-electron chi connectivity index (χ0n) is 33.1. The van der Waals surface area contributed by atoms with Crippen molar-refractivity contribution in [2.24, 2.45) is 20.5 Å². The van der Waals surface area contributed by atoms with Crippen LogP contribution in [-0.4, -0.2) is 53.3 Å². The maximum Gasteiger partial charge on any atom is 0.258 e. The molecule has 0 fully saturated rings. The van der Waals surface area contributed by atoms with Crippen molar-refractivity contribution in [3.8, 4) is 5.75 Å². The quantitative estimate of drug-likeness (QED) is 0.0379. The van der Waals surface area contributed by atoms with E-state index in [-0.39, 0.29) is 67.5 Å². The molecular weight excluding hydrogens is 918 g/mol. The summed E-state index contributed by atoms with van der Waals surface area (Å²) in [6, 6.07) is 22.7. The number of nitrogens with zero attached hydrogens (tertiary/aromatic N) is 4. The van der Waals surface area contributed by atoms with E-state index in [9.17, 15) is 28.8 Å². The highest BCUT2D eigenvalue weighted by Crippen LogP contribution is 2.31. The van der Waals surface area contributed by atoms with Crippen LogP contribution >= 0.6 is 58.0 Å². The van der Waals surface area contributed by atoms with E-state index >= 15 is 0 Å². The Bertz CT molecular complexity index is 2630. The monoisotopic (exact) mass is 950 g/mol. The van der Waals surface area contributed by atoms with Gasteiger partial charge in [0.15, 0.2) is 17.6 Å². The number of hydrogen-bond acceptors (Lipinski definition) is 11. The molecule has 0 aliphatic carbocycles. The second-order valence-electron chi connectivity index (χ2n) is 13.3. The maximum atomic E-state index is 13.4. The van der Waals surface area contributed by atoms with Gasteiger partial charge in [-0.2, -0.15) is 20.5 Å². The predicted molar refractivity (Wildman–Crippen MR) is 244 cm³/mol. The number of Topliss-reactive ketones (excluding diaryl/α,β-unsaturated/α-hetero) is 2. The minimum absolute atomic E-state index is 0.0253. The van der Waals surface area contributed by atoms with Crippen molar-refractivity contribution in [1.82, 2.24) is 0 Å². The summed E-state index contributed by atoms with van der Waals surface area (Å²) in [5, 5.41) is 26.8. The summed E-state index contributed by atoms with van der Waals surface area (Å²) in [6.07, 6.45) is 0. The molecule has 2 atom stereocenters. The van der Waals surface area contributed by atoms with Gasteiger partial charge in [-0.3, -0.25) is 28.8 Å². The van der Waals surface area contributed by atoms with E-state index in [2.05, 4.69) is 41.7 Å². The molecule has 0 heterocycles. The second-order valence-corrected chi connectivity index (χ2v) is 14.9. The summed E-state index contributed by atoms with van der Waals surface area (Å²) < 4.78 is 5.48.